The zero-order chi connectivity index (χ0) is 25.0. The van der Waals surface area contributed by atoms with Crippen LogP contribution in [0.1, 0.15) is 32.3 Å². The van der Waals surface area contributed by atoms with Crippen molar-refractivity contribution in [3.63, 3.8) is 0 Å². The van der Waals surface area contributed by atoms with E-state index in [0.29, 0.717) is 12.1 Å². The Bertz CT molecular complexity index is 1290. The van der Waals surface area contributed by atoms with E-state index < -0.39 is 64.8 Å². The fourth-order valence-electron chi connectivity index (χ4n) is 3.62. The lowest BCUT2D eigenvalue weighted by molar-refractivity contribution is -0.137. The molecule has 13 heteroatoms. The minimum absolute atomic E-state index is 0.0713. The molecule has 1 aliphatic carbocycles. The molecule has 33 heavy (non-hydrogen) atoms. The van der Waals surface area contributed by atoms with Crippen LogP contribution < -0.4 is 4.72 Å². The van der Waals surface area contributed by atoms with Crippen molar-refractivity contribution < 1.29 is 38.8 Å². The molecule has 0 heterocycles. The third kappa shape index (κ3) is 5.03. The molecule has 1 fully saturated rings. The van der Waals surface area contributed by atoms with Gasteiger partial charge in [-0.2, -0.15) is 13.2 Å². The second kappa shape index (κ2) is 8.47. The Hall–Kier alpha value is -1.76. The fourth-order valence-corrected chi connectivity index (χ4v) is 6.94. The standard InChI is InChI=1S/C20H19ClF5NO4S2/c1-19(2,32(28,29)16-8-12(20(24,25)26)5-13(22)9-16)11-6-14(7-11)27-33(30,31)15-3-4-18(23)17(21)10-15/h3-5,8-11,14,27H,6-7H2,1-2H3/t11-,14+. The van der Waals surface area contributed by atoms with Gasteiger partial charge in [0.05, 0.1) is 25.1 Å². The van der Waals surface area contributed by atoms with E-state index in [2.05, 4.69) is 4.72 Å². The molecule has 3 rings (SSSR count). The number of sulfonamides is 1. The summed E-state index contributed by atoms with van der Waals surface area (Å²) in [5.41, 5.74) is -1.42. The molecular formula is C20H19ClF5NO4S2. The quantitative estimate of drug-likeness (QED) is 0.535. The fraction of sp³-hybridized carbons (Fsp3) is 0.400. The number of halogens is 6. The number of nitrogens with one attached hydrogen (secondary N) is 1. The Morgan fingerprint density at radius 2 is 1.55 bits per heavy atom. The van der Waals surface area contributed by atoms with Gasteiger partial charge in [0, 0.05) is 6.04 Å². The Morgan fingerprint density at radius 3 is 2.09 bits per heavy atom. The average Bonchev–Trinajstić information content (AvgIpc) is 2.65. The normalized spacial score (nSPS) is 19.9. The predicted molar refractivity (Wildman–Crippen MR) is 111 cm³/mol. The predicted octanol–water partition coefficient (Wildman–Crippen LogP) is 4.95. The molecule has 0 atom stereocenters. The summed E-state index contributed by atoms with van der Waals surface area (Å²) in [5, 5.41) is -0.384. The van der Waals surface area contributed by atoms with Crippen molar-refractivity contribution >= 4 is 31.5 Å². The number of sulfone groups is 1. The first-order valence-electron chi connectivity index (χ1n) is 9.55. The minimum Gasteiger partial charge on any atom is -0.223 e. The zero-order valence-corrected chi connectivity index (χ0v) is 19.6. The molecule has 0 amide bonds. The van der Waals surface area contributed by atoms with E-state index in [1.807, 2.05) is 0 Å². The van der Waals surface area contributed by atoms with Crippen LogP contribution in [0.4, 0.5) is 22.0 Å². The second-order valence-electron chi connectivity index (χ2n) is 8.34. The molecule has 0 unspecified atom stereocenters. The van der Waals surface area contributed by atoms with Gasteiger partial charge in [0.25, 0.3) is 0 Å². The van der Waals surface area contributed by atoms with E-state index in [4.69, 9.17) is 11.6 Å². The number of rotatable bonds is 6. The van der Waals surface area contributed by atoms with Gasteiger partial charge in [0.15, 0.2) is 9.84 Å². The summed E-state index contributed by atoms with van der Waals surface area (Å²) >= 11 is 5.62. The van der Waals surface area contributed by atoms with Gasteiger partial charge in [-0.05, 0) is 69.0 Å². The van der Waals surface area contributed by atoms with E-state index >= 15 is 0 Å². The lowest BCUT2D eigenvalue weighted by atomic mass is 9.73. The molecule has 0 aromatic heterocycles. The second-order valence-corrected chi connectivity index (χ2v) is 13.0. The molecule has 0 saturated heterocycles. The highest BCUT2D eigenvalue weighted by atomic mass is 35.5. The number of alkyl halides is 3. The van der Waals surface area contributed by atoms with Crippen LogP contribution in [0.25, 0.3) is 0 Å². The number of benzene rings is 2. The van der Waals surface area contributed by atoms with E-state index in [0.717, 1.165) is 18.2 Å². The highest BCUT2D eigenvalue weighted by Crippen LogP contribution is 2.44. The Morgan fingerprint density at radius 1 is 0.939 bits per heavy atom. The summed E-state index contributed by atoms with van der Waals surface area (Å²) in [6, 6.07) is 3.33. The van der Waals surface area contributed by atoms with Gasteiger partial charge in [-0.3, -0.25) is 0 Å². The van der Waals surface area contributed by atoms with Crippen LogP contribution in [0.15, 0.2) is 46.2 Å². The van der Waals surface area contributed by atoms with Crippen molar-refractivity contribution in [2.75, 3.05) is 0 Å². The van der Waals surface area contributed by atoms with Crippen molar-refractivity contribution in [3.05, 3.63) is 58.6 Å². The first kappa shape index (κ1) is 25.9. The molecule has 1 N–H and O–H groups in total. The molecule has 0 radical (unpaired) electrons. The highest BCUT2D eigenvalue weighted by molar-refractivity contribution is 7.92. The topological polar surface area (TPSA) is 80.3 Å². The number of hydrogen-bond acceptors (Lipinski definition) is 4. The van der Waals surface area contributed by atoms with Crippen LogP contribution in [0, 0.1) is 17.6 Å². The van der Waals surface area contributed by atoms with E-state index in [-0.39, 0.29) is 28.8 Å². The summed E-state index contributed by atoms with van der Waals surface area (Å²) in [6.45, 7) is 2.60. The van der Waals surface area contributed by atoms with Crippen LogP contribution in [0.3, 0.4) is 0 Å². The van der Waals surface area contributed by atoms with Gasteiger partial charge < -0.3 is 0 Å². The molecule has 2 aromatic rings. The van der Waals surface area contributed by atoms with Crippen LogP contribution in [0.2, 0.25) is 5.02 Å². The largest absolute Gasteiger partial charge is 0.416 e. The van der Waals surface area contributed by atoms with Crippen molar-refractivity contribution in [1.82, 2.24) is 4.72 Å². The lowest BCUT2D eigenvalue weighted by Crippen LogP contribution is -2.53. The van der Waals surface area contributed by atoms with Crippen molar-refractivity contribution in [1.29, 1.82) is 0 Å². The Balaban J connectivity index is 1.78. The van der Waals surface area contributed by atoms with Gasteiger partial charge in [-0.25, -0.2) is 30.3 Å². The molecule has 5 nitrogen and oxygen atoms in total. The molecule has 182 valence electrons. The first-order valence-corrected chi connectivity index (χ1v) is 12.9. The minimum atomic E-state index is -4.93. The summed E-state index contributed by atoms with van der Waals surface area (Å²) in [7, 11) is -8.48. The maximum Gasteiger partial charge on any atom is 0.416 e. The van der Waals surface area contributed by atoms with Gasteiger partial charge in [-0.15, -0.1) is 0 Å². The van der Waals surface area contributed by atoms with Crippen molar-refractivity contribution in [2.45, 2.75) is 53.4 Å². The molecule has 0 spiro atoms. The third-order valence-electron chi connectivity index (χ3n) is 5.85. The number of hydrogen-bond donors (Lipinski definition) is 1. The Kier molecular flexibility index (Phi) is 6.64. The third-order valence-corrected chi connectivity index (χ3v) is 10.2. The summed E-state index contributed by atoms with van der Waals surface area (Å²) in [5.74, 6) is -2.75. The van der Waals surface area contributed by atoms with Gasteiger partial charge in [-0.1, -0.05) is 11.6 Å². The molecule has 2 aromatic carbocycles. The van der Waals surface area contributed by atoms with E-state index in [9.17, 15) is 38.8 Å². The zero-order valence-electron chi connectivity index (χ0n) is 17.3. The maximum absolute atomic E-state index is 13.8. The van der Waals surface area contributed by atoms with Gasteiger partial charge >= 0.3 is 6.18 Å². The van der Waals surface area contributed by atoms with Gasteiger partial charge in [0.1, 0.15) is 11.6 Å². The Labute approximate surface area is 192 Å². The van der Waals surface area contributed by atoms with E-state index in [1.165, 1.54) is 13.8 Å². The van der Waals surface area contributed by atoms with Crippen LogP contribution >= 0.6 is 11.6 Å². The molecule has 1 saturated carbocycles. The van der Waals surface area contributed by atoms with E-state index in [1.54, 1.807) is 0 Å². The molecule has 1 aliphatic rings. The molecule has 0 bridgehead atoms. The SMILES string of the molecule is CC(C)([C@H]1C[C@@H](NS(=O)(=O)c2ccc(F)c(Cl)c2)C1)S(=O)(=O)c1cc(F)cc(C(F)(F)F)c1. The van der Waals surface area contributed by atoms with Crippen molar-refractivity contribution in [2.24, 2.45) is 5.92 Å². The smallest absolute Gasteiger partial charge is 0.223 e. The van der Waals surface area contributed by atoms with Gasteiger partial charge in [0.2, 0.25) is 10.0 Å². The van der Waals surface area contributed by atoms with Crippen LogP contribution in [0.5, 0.6) is 0 Å². The van der Waals surface area contributed by atoms with Crippen molar-refractivity contribution in [3.8, 4) is 0 Å². The van der Waals surface area contributed by atoms with Crippen LogP contribution in [-0.4, -0.2) is 27.6 Å². The first-order chi connectivity index (χ1) is 14.9. The monoisotopic (exact) mass is 531 g/mol. The maximum atomic E-state index is 13.8. The average molecular weight is 532 g/mol. The molecular weight excluding hydrogens is 513 g/mol. The van der Waals surface area contributed by atoms with Crippen LogP contribution in [-0.2, 0) is 26.0 Å². The highest BCUT2D eigenvalue weighted by Gasteiger charge is 2.49. The molecule has 0 aliphatic heterocycles. The lowest BCUT2D eigenvalue weighted by Gasteiger charge is -2.44. The summed E-state index contributed by atoms with van der Waals surface area (Å²) < 4.78 is 118. The summed E-state index contributed by atoms with van der Waals surface area (Å²) in [4.78, 5) is -1.08. The summed E-state index contributed by atoms with van der Waals surface area (Å²) in [6.07, 6.45) is -4.79.